The van der Waals surface area contributed by atoms with Crippen molar-refractivity contribution in [2.24, 2.45) is 0 Å². The van der Waals surface area contributed by atoms with Crippen LogP contribution in [0.3, 0.4) is 0 Å². The van der Waals surface area contributed by atoms with Crippen molar-refractivity contribution in [1.82, 2.24) is 4.90 Å². The average Bonchev–Trinajstić information content (AvgIpc) is 2.04. The molecule has 1 saturated heterocycles. The van der Waals surface area contributed by atoms with Crippen LogP contribution in [-0.4, -0.2) is 25.0 Å². The van der Waals surface area contributed by atoms with Crippen LogP contribution >= 0.6 is 0 Å². The van der Waals surface area contributed by atoms with E-state index in [1.54, 1.807) is 5.57 Å². The zero-order valence-corrected chi connectivity index (χ0v) is 7.77. The van der Waals surface area contributed by atoms with E-state index in [1.807, 2.05) is 0 Å². The van der Waals surface area contributed by atoms with Gasteiger partial charge in [0.05, 0.1) is 0 Å². The van der Waals surface area contributed by atoms with Gasteiger partial charge in [-0.25, -0.2) is 0 Å². The van der Waals surface area contributed by atoms with Crippen molar-refractivity contribution >= 4 is 0 Å². The highest BCUT2D eigenvalue weighted by molar-refractivity contribution is 5.05. The van der Waals surface area contributed by atoms with E-state index < -0.39 is 0 Å². The largest absolute Gasteiger partial charge is 0.306 e. The first-order valence-corrected chi connectivity index (χ1v) is 4.69. The maximum atomic E-state index is 2.44. The van der Waals surface area contributed by atoms with Gasteiger partial charge in [0.25, 0.3) is 0 Å². The number of allylic oxidation sites excluding steroid dienone is 1. The molecule has 0 N–H and O–H groups in total. The number of hydrogen-bond acceptors (Lipinski definition) is 1. The van der Waals surface area contributed by atoms with Crippen LogP contribution in [-0.2, 0) is 0 Å². The predicted molar refractivity (Wildman–Crippen MR) is 49.7 cm³/mol. The maximum absolute atomic E-state index is 2.44. The van der Waals surface area contributed by atoms with Gasteiger partial charge in [-0.1, -0.05) is 25.0 Å². The van der Waals surface area contributed by atoms with Gasteiger partial charge in [0.2, 0.25) is 0 Å². The Morgan fingerprint density at radius 3 is 2.55 bits per heavy atom. The van der Waals surface area contributed by atoms with E-state index in [2.05, 4.69) is 24.9 Å². The lowest BCUT2D eigenvalue weighted by atomic mass is 10.0. The molecule has 0 aromatic rings. The van der Waals surface area contributed by atoms with Crippen LogP contribution in [0.25, 0.3) is 0 Å². The van der Waals surface area contributed by atoms with Crippen molar-refractivity contribution in [1.29, 1.82) is 0 Å². The van der Waals surface area contributed by atoms with Gasteiger partial charge in [-0.05, 0) is 26.3 Å². The third-order valence-electron chi connectivity index (χ3n) is 2.35. The number of piperidine rings is 1. The molecule has 0 aromatic carbocycles. The monoisotopic (exact) mass is 153 g/mol. The summed E-state index contributed by atoms with van der Waals surface area (Å²) < 4.78 is 0. The molecule has 0 atom stereocenters. The van der Waals surface area contributed by atoms with Gasteiger partial charge in [0.15, 0.2) is 0 Å². The molecule has 0 radical (unpaired) electrons. The fourth-order valence-corrected chi connectivity index (χ4v) is 1.46. The molecule has 0 aromatic heterocycles. The van der Waals surface area contributed by atoms with E-state index in [9.17, 15) is 0 Å². The van der Waals surface area contributed by atoms with Gasteiger partial charge >= 0.3 is 0 Å². The summed E-state index contributed by atoms with van der Waals surface area (Å²) in [6, 6.07) is 0. The number of likely N-dealkylation sites (tertiary alicyclic amines) is 1. The molecular formula is C10H19N. The molecule has 0 saturated carbocycles. The van der Waals surface area contributed by atoms with Gasteiger partial charge in [0.1, 0.15) is 0 Å². The topological polar surface area (TPSA) is 3.24 Å². The summed E-state index contributed by atoms with van der Waals surface area (Å²) in [5.74, 6) is 0. The first kappa shape index (κ1) is 8.79. The molecule has 0 amide bonds. The number of rotatable bonds is 2. The second kappa shape index (κ2) is 4.55. The van der Waals surface area contributed by atoms with Crippen LogP contribution < -0.4 is 0 Å². The van der Waals surface area contributed by atoms with E-state index in [0.29, 0.717) is 0 Å². The average molecular weight is 153 g/mol. The lowest BCUT2D eigenvalue weighted by Crippen LogP contribution is -2.26. The van der Waals surface area contributed by atoms with Crippen LogP contribution in [0.15, 0.2) is 11.6 Å². The lowest BCUT2D eigenvalue weighted by molar-refractivity contribution is 0.312. The molecule has 1 heterocycles. The molecule has 1 aliphatic heterocycles. The normalized spacial score (nSPS) is 20.4. The molecule has 0 aliphatic carbocycles. The molecule has 1 heteroatoms. The molecule has 0 spiro atoms. The standard InChI is InChI=1S/C10H19N/c1-3-4-5-10-6-8-11(2)9-7-10/h5H,3-4,6-9H2,1-2H3. The molecule has 11 heavy (non-hydrogen) atoms. The Morgan fingerprint density at radius 2 is 2.00 bits per heavy atom. The minimum atomic E-state index is 1.26. The summed E-state index contributed by atoms with van der Waals surface area (Å²) in [4.78, 5) is 2.41. The molecule has 64 valence electrons. The smallest absolute Gasteiger partial charge is 0.00157 e. The Kier molecular flexibility index (Phi) is 3.64. The molecule has 0 unspecified atom stereocenters. The highest BCUT2D eigenvalue weighted by atomic mass is 15.1. The summed E-state index contributed by atoms with van der Waals surface area (Å²) in [7, 11) is 2.20. The van der Waals surface area contributed by atoms with Crippen LogP contribution in [0.4, 0.5) is 0 Å². The van der Waals surface area contributed by atoms with E-state index in [-0.39, 0.29) is 0 Å². The fourth-order valence-electron chi connectivity index (χ4n) is 1.46. The summed E-state index contributed by atoms with van der Waals surface area (Å²) in [5.41, 5.74) is 1.69. The summed E-state index contributed by atoms with van der Waals surface area (Å²) in [5, 5.41) is 0. The summed E-state index contributed by atoms with van der Waals surface area (Å²) >= 11 is 0. The molecule has 1 aliphatic rings. The van der Waals surface area contributed by atoms with Gasteiger partial charge in [0, 0.05) is 13.1 Å². The maximum Gasteiger partial charge on any atom is 0.00157 e. The number of unbranched alkanes of at least 4 members (excludes halogenated alkanes) is 1. The molecule has 1 rings (SSSR count). The second-order valence-electron chi connectivity index (χ2n) is 3.45. The van der Waals surface area contributed by atoms with E-state index in [1.165, 1.54) is 38.8 Å². The van der Waals surface area contributed by atoms with Crippen LogP contribution in [0.1, 0.15) is 32.6 Å². The third-order valence-corrected chi connectivity index (χ3v) is 2.35. The van der Waals surface area contributed by atoms with Gasteiger partial charge in [-0.2, -0.15) is 0 Å². The summed E-state index contributed by atoms with van der Waals surface area (Å²) in [6.07, 6.45) is 7.61. The zero-order valence-electron chi connectivity index (χ0n) is 7.77. The Morgan fingerprint density at radius 1 is 1.36 bits per heavy atom. The lowest BCUT2D eigenvalue weighted by Gasteiger charge is -2.23. The van der Waals surface area contributed by atoms with Crippen LogP contribution in [0.5, 0.6) is 0 Å². The van der Waals surface area contributed by atoms with Gasteiger partial charge in [-0.15, -0.1) is 0 Å². The Hall–Kier alpha value is -0.300. The Balaban J connectivity index is 2.26. The van der Waals surface area contributed by atoms with Crippen LogP contribution in [0.2, 0.25) is 0 Å². The van der Waals surface area contributed by atoms with Gasteiger partial charge < -0.3 is 4.90 Å². The highest BCUT2D eigenvalue weighted by Crippen LogP contribution is 2.15. The number of hydrogen-bond donors (Lipinski definition) is 0. The van der Waals surface area contributed by atoms with Crippen molar-refractivity contribution in [3.8, 4) is 0 Å². The quantitative estimate of drug-likeness (QED) is 0.551. The number of nitrogens with zero attached hydrogens (tertiary/aromatic N) is 1. The van der Waals surface area contributed by atoms with Crippen molar-refractivity contribution in [2.45, 2.75) is 32.6 Å². The minimum Gasteiger partial charge on any atom is -0.306 e. The molecule has 1 fully saturated rings. The Bertz CT molecular complexity index is 128. The highest BCUT2D eigenvalue weighted by Gasteiger charge is 2.08. The third kappa shape index (κ3) is 3.06. The molecule has 1 nitrogen and oxygen atoms in total. The van der Waals surface area contributed by atoms with E-state index in [0.717, 1.165) is 0 Å². The first-order valence-electron chi connectivity index (χ1n) is 4.69. The van der Waals surface area contributed by atoms with E-state index >= 15 is 0 Å². The SMILES string of the molecule is CCCC=C1CCN(C)CC1. The molecular weight excluding hydrogens is 134 g/mol. The fraction of sp³-hybridized carbons (Fsp3) is 0.800. The second-order valence-corrected chi connectivity index (χ2v) is 3.45. The van der Waals surface area contributed by atoms with Crippen molar-refractivity contribution < 1.29 is 0 Å². The van der Waals surface area contributed by atoms with Crippen molar-refractivity contribution in [2.75, 3.05) is 20.1 Å². The molecule has 0 bridgehead atoms. The predicted octanol–water partition coefficient (Wildman–Crippen LogP) is 2.44. The first-order chi connectivity index (χ1) is 5.33. The Labute approximate surface area is 70.1 Å². The van der Waals surface area contributed by atoms with Crippen molar-refractivity contribution in [3.63, 3.8) is 0 Å². The van der Waals surface area contributed by atoms with Crippen LogP contribution in [0, 0.1) is 0 Å². The van der Waals surface area contributed by atoms with E-state index in [4.69, 9.17) is 0 Å². The van der Waals surface area contributed by atoms with Gasteiger partial charge in [-0.3, -0.25) is 0 Å². The minimum absolute atomic E-state index is 1.26. The van der Waals surface area contributed by atoms with Crippen molar-refractivity contribution in [3.05, 3.63) is 11.6 Å². The summed E-state index contributed by atoms with van der Waals surface area (Å²) in [6.45, 7) is 4.76. The zero-order chi connectivity index (χ0) is 8.10.